The molecule has 0 fully saturated rings. The highest BCUT2D eigenvalue weighted by Gasteiger charge is 2.15. The summed E-state index contributed by atoms with van der Waals surface area (Å²) >= 11 is 0. The minimum Gasteiger partial charge on any atom is -0.464 e. The number of nitrogens with two attached hydrogens (primary N) is 1. The maximum atomic E-state index is 11.3. The lowest BCUT2D eigenvalue weighted by Gasteiger charge is -2.06. The predicted octanol–water partition coefficient (Wildman–Crippen LogP) is 2.08. The average Bonchev–Trinajstić information content (AvgIpc) is 2.65. The number of ether oxygens (including phenoxy) is 1. The van der Waals surface area contributed by atoms with E-state index in [1.165, 1.54) is 13.5 Å². The highest BCUT2D eigenvalue weighted by molar-refractivity contribution is 5.91. The zero-order valence-corrected chi connectivity index (χ0v) is 10.8. The molecule has 96 valence electrons. The highest BCUT2D eigenvalue weighted by Crippen LogP contribution is 2.13. The number of carbonyl (C=O) groups excluding carboxylic acids is 1. The normalized spacial score (nSPS) is 10.8. The molecule has 1 aromatic rings. The Labute approximate surface area is 102 Å². The lowest BCUT2D eigenvalue weighted by Crippen LogP contribution is -2.08. The van der Waals surface area contributed by atoms with E-state index in [0.29, 0.717) is 5.82 Å². The van der Waals surface area contributed by atoms with Crippen molar-refractivity contribution < 1.29 is 9.53 Å². The number of carbonyl (C=O) groups is 1. The van der Waals surface area contributed by atoms with Crippen molar-refractivity contribution in [3.05, 3.63) is 12.0 Å². The van der Waals surface area contributed by atoms with Crippen LogP contribution in [-0.2, 0) is 11.3 Å². The largest absolute Gasteiger partial charge is 0.464 e. The summed E-state index contributed by atoms with van der Waals surface area (Å²) in [5, 5.41) is 0. The second-order valence-electron chi connectivity index (χ2n) is 4.55. The standard InChI is InChI=1S/C12H21N3O2/c1-9(2)6-4-5-7-15-8-14-10(11(15)13)12(16)17-3/h8-9H,4-7,13H2,1-3H3. The Morgan fingerprint density at radius 3 is 2.82 bits per heavy atom. The van der Waals surface area contributed by atoms with Gasteiger partial charge in [-0.15, -0.1) is 0 Å². The van der Waals surface area contributed by atoms with Gasteiger partial charge in [-0.05, 0) is 12.3 Å². The maximum absolute atomic E-state index is 11.3. The molecular formula is C12H21N3O2. The molecular weight excluding hydrogens is 218 g/mol. The van der Waals surface area contributed by atoms with Crippen LogP contribution in [0.4, 0.5) is 5.82 Å². The molecule has 0 amide bonds. The molecule has 0 unspecified atom stereocenters. The van der Waals surface area contributed by atoms with Gasteiger partial charge < -0.3 is 15.0 Å². The molecule has 0 spiro atoms. The van der Waals surface area contributed by atoms with Gasteiger partial charge in [0.1, 0.15) is 5.82 Å². The molecule has 0 saturated heterocycles. The number of aryl methyl sites for hydroxylation is 1. The number of nitrogen functional groups attached to an aromatic ring is 1. The topological polar surface area (TPSA) is 70.1 Å². The summed E-state index contributed by atoms with van der Waals surface area (Å²) in [6.07, 6.45) is 5.00. The molecule has 0 radical (unpaired) electrons. The summed E-state index contributed by atoms with van der Waals surface area (Å²) in [5.41, 5.74) is 6.03. The van der Waals surface area contributed by atoms with E-state index < -0.39 is 5.97 Å². The van der Waals surface area contributed by atoms with E-state index in [2.05, 4.69) is 23.6 Å². The van der Waals surface area contributed by atoms with Gasteiger partial charge in [-0.3, -0.25) is 0 Å². The Hall–Kier alpha value is -1.52. The highest BCUT2D eigenvalue weighted by atomic mass is 16.5. The Kier molecular flexibility index (Phi) is 5.00. The van der Waals surface area contributed by atoms with E-state index in [-0.39, 0.29) is 5.69 Å². The van der Waals surface area contributed by atoms with E-state index in [1.54, 1.807) is 10.9 Å². The number of aromatic nitrogens is 2. The van der Waals surface area contributed by atoms with Crippen molar-refractivity contribution >= 4 is 11.8 Å². The van der Waals surface area contributed by atoms with Gasteiger partial charge >= 0.3 is 5.97 Å². The zero-order chi connectivity index (χ0) is 12.8. The third-order valence-corrected chi connectivity index (χ3v) is 2.69. The van der Waals surface area contributed by atoms with Crippen molar-refractivity contribution in [2.24, 2.45) is 5.92 Å². The SMILES string of the molecule is COC(=O)c1ncn(CCCCC(C)C)c1N. The third kappa shape index (κ3) is 3.76. The first-order valence-corrected chi connectivity index (χ1v) is 5.95. The first-order chi connectivity index (χ1) is 8.06. The molecule has 0 saturated carbocycles. The lowest BCUT2D eigenvalue weighted by molar-refractivity contribution is 0.0596. The van der Waals surface area contributed by atoms with Gasteiger partial charge in [0, 0.05) is 6.54 Å². The van der Waals surface area contributed by atoms with Crippen molar-refractivity contribution in [1.82, 2.24) is 9.55 Å². The molecule has 5 heteroatoms. The predicted molar refractivity (Wildman–Crippen MR) is 66.7 cm³/mol. The van der Waals surface area contributed by atoms with Crippen molar-refractivity contribution in [2.45, 2.75) is 39.7 Å². The molecule has 0 aliphatic heterocycles. The second kappa shape index (κ2) is 6.27. The van der Waals surface area contributed by atoms with Gasteiger partial charge in [0.05, 0.1) is 13.4 Å². The monoisotopic (exact) mass is 239 g/mol. The van der Waals surface area contributed by atoms with E-state index in [9.17, 15) is 4.79 Å². The third-order valence-electron chi connectivity index (χ3n) is 2.69. The Morgan fingerprint density at radius 2 is 2.24 bits per heavy atom. The molecule has 5 nitrogen and oxygen atoms in total. The van der Waals surface area contributed by atoms with Crippen LogP contribution in [0.25, 0.3) is 0 Å². The fourth-order valence-electron chi connectivity index (χ4n) is 1.66. The number of imidazole rings is 1. The van der Waals surface area contributed by atoms with Gasteiger partial charge in [-0.2, -0.15) is 0 Å². The molecule has 0 aliphatic carbocycles. The summed E-state index contributed by atoms with van der Waals surface area (Å²) in [7, 11) is 1.32. The van der Waals surface area contributed by atoms with Crippen molar-refractivity contribution in [2.75, 3.05) is 12.8 Å². The van der Waals surface area contributed by atoms with E-state index in [4.69, 9.17) is 5.73 Å². The molecule has 1 rings (SSSR count). The Balaban J connectivity index is 2.50. The van der Waals surface area contributed by atoms with Crippen LogP contribution in [0.5, 0.6) is 0 Å². The number of rotatable bonds is 6. The van der Waals surface area contributed by atoms with E-state index in [1.807, 2.05) is 0 Å². The number of unbranched alkanes of at least 4 members (excludes halogenated alkanes) is 1. The van der Waals surface area contributed by atoms with Crippen molar-refractivity contribution in [3.63, 3.8) is 0 Å². The average molecular weight is 239 g/mol. The molecule has 0 aliphatic rings. The van der Waals surface area contributed by atoms with Crippen LogP contribution in [0.3, 0.4) is 0 Å². The van der Waals surface area contributed by atoms with Crippen LogP contribution in [0.1, 0.15) is 43.6 Å². The van der Waals surface area contributed by atoms with Crippen LogP contribution in [0.2, 0.25) is 0 Å². The van der Waals surface area contributed by atoms with Crippen LogP contribution < -0.4 is 5.73 Å². The number of hydrogen-bond donors (Lipinski definition) is 1. The number of anilines is 1. The number of esters is 1. The van der Waals surface area contributed by atoms with Crippen LogP contribution in [0, 0.1) is 5.92 Å². The molecule has 0 bridgehead atoms. The van der Waals surface area contributed by atoms with Gasteiger partial charge in [-0.25, -0.2) is 9.78 Å². The summed E-state index contributed by atoms with van der Waals surface area (Å²) in [4.78, 5) is 15.3. The molecule has 1 heterocycles. The summed E-state index contributed by atoms with van der Waals surface area (Å²) in [5.74, 6) is 0.630. The first kappa shape index (κ1) is 13.5. The van der Waals surface area contributed by atoms with E-state index >= 15 is 0 Å². The maximum Gasteiger partial charge on any atom is 0.360 e. The lowest BCUT2D eigenvalue weighted by atomic mass is 10.1. The summed E-state index contributed by atoms with van der Waals surface area (Å²) < 4.78 is 6.39. The quantitative estimate of drug-likeness (QED) is 0.609. The molecule has 2 N–H and O–H groups in total. The molecule has 1 aromatic heterocycles. The van der Waals surface area contributed by atoms with Crippen LogP contribution in [-0.4, -0.2) is 22.6 Å². The fourth-order valence-corrected chi connectivity index (χ4v) is 1.66. The van der Waals surface area contributed by atoms with Gasteiger partial charge in [-0.1, -0.05) is 26.7 Å². The zero-order valence-electron chi connectivity index (χ0n) is 10.8. The Bertz CT molecular complexity index is 372. The second-order valence-corrected chi connectivity index (χ2v) is 4.55. The fraction of sp³-hybridized carbons (Fsp3) is 0.667. The van der Waals surface area contributed by atoms with Crippen LogP contribution >= 0.6 is 0 Å². The number of nitrogens with zero attached hydrogens (tertiary/aromatic N) is 2. The molecule has 0 atom stereocenters. The minimum atomic E-state index is -0.483. The smallest absolute Gasteiger partial charge is 0.360 e. The van der Waals surface area contributed by atoms with Crippen molar-refractivity contribution in [1.29, 1.82) is 0 Å². The van der Waals surface area contributed by atoms with Gasteiger partial charge in [0.15, 0.2) is 5.69 Å². The summed E-state index contributed by atoms with van der Waals surface area (Å²) in [6, 6.07) is 0. The summed E-state index contributed by atoms with van der Waals surface area (Å²) in [6.45, 7) is 5.21. The number of hydrogen-bond acceptors (Lipinski definition) is 4. The van der Waals surface area contributed by atoms with Crippen molar-refractivity contribution in [3.8, 4) is 0 Å². The van der Waals surface area contributed by atoms with E-state index in [0.717, 1.165) is 25.3 Å². The van der Waals surface area contributed by atoms with Gasteiger partial charge in [0.25, 0.3) is 0 Å². The Morgan fingerprint density at radius 1 is 1.53 bits per heavy atom. The number of methoxy groups -OCH3 is 1. The minimum absolute atomic E-state index is 0.205. The molecule has 17 heavy (non-hydrogen) atoms. The molecule has 0 aromatic carbocycles. The van der Waals surface area contributed by atoms with Crippen LogP contribution in [0.15, 0.2) is 6.33 Å². The first-order valence-electron chi connectivity index (χ1n) is 5.95. The van der Waals surface area contributed by atoms with Gasteiger partial charge in [0.2, 0.25) is 0 Å².